The summed E-state index contributed by atoms with van der Waals surface area (Å²) in [7, 11) is 0. The van der Waals surface area contributed by atoms with Crippen LogP contribution in [-0.2, 0) is 30.3 Å². The van der Waals surface area contributed by atoms with Gasteiger partial charge in [0.05, 0.1) is 0 Å². The van der Waals surface area contributed by atoms with Crippen LogP contribution in [0, 0.1) is 11.8 Å². The van der Waals surface area contributed by atoms with E-state index < -0.39 is 59.3 Å². The number of nitrogens with one attached hydrogen (secondary N) is 4. The maximum atomic E-state index is 13.6. The van der Waals surface area contributed by atoms with Gasteiger partial charge in [0.1, 0.15) is 29.3 Å². The predicted molar refractivity (Wildman–Crippen MR) is 181 cm³/mol. The number of unbranched alkanes of at least 4 members (excludes halogenated alkanes) is 1. The molecule has 0 radical (unpaired) electrons. The van der Waals surface area contributed by atoms with E-state index >= 15 is 0 Å². The summed E-state index contributed by atoms with van der Waals surface area (Å²) in [5, 5.41) is 20.2. The molecule has 3 unspecified atom stereocenters. The second-order valence-electron chi connectivity index (χ2n) is 13.1. The second-order valence-corrected chi connectivity index (χ2v) is 13.1. The van der Waals surface area contributed by atoms with E-state index in [0.717, 1.165) is 5.56 Å². The highest BCUT2D eigenvalue weighted by atomic mass is 16.6. The smallest absolute Gasteiger partial charge is 0.408 e. The number of hydrogen-bond donors (Lipinski definition) is 5. The average molecular weight is 665 g/mol. The van der Waals surface area contributed by atoms with Crippen molar-refractivity contribution in [2.24, 2.45) is 0 Å². The topological polar surface area (TPSA) is 172 Å². The van der Waals surface area contributed by atoms with Crippen LogP contribution in [0.1, 0.15) is 78.4 Å². The number of carboxylic acid groups (broad SMARTS) is 1. The highest BCUT2D eigenvalue weighted by Gasteiger charge is 2.30. The molecule has 5 N–H and O–H groups in total. The predicted octanol–water partition coefficient (Wildman–Crippen LogP) is 4.31. The lowest BCUT2D eigenvalue weighted by Gasteiger charge is -2.25. The van der Waals surface area contributed by atoms with Crippen molar-refractivity contribution >= 4 is 30.0 Å². The third kappa shape index (κ3) is 16.5. The van der Waals surface area contributed by atoms with Gasteiger partial charge in [0, 0.05) is 24.9 Å². The quantitative estimate of drug-likeness (QED) is 0.147. The van der Waals surface area contributed by atoms with Crippen molar-refractivity contribution in [2.45, 2.75) is 103 Å². The molecule has 4 amide bonds. The van der Waals surface area contributed by atoms with Crippen molar-refractivity contribution < 1.29 is 38.6 Å². The molecule has 0 aliphatic rings. The van der Waals surface area contributed by atoms with Gasteiger partial charge in [0.25, 0.3) is 0 Å². The highest BCUT2D eigenvalue weighted by molar-refractivity contribution is 5.93. The number of ether oxygens (including phenoxy) is 2. The molecule has 0 saturated heterocycles. The molecule has 12 nitrogen and oxygen atoms in total. The van der Waals surface area contributed by atoms with Crippen molar-refractivity contribution in [2.75, 3.05) is 6.54 Å². The SMILES string of the molecule is CC(C)(C)OC(=O)NCCCCC(NC(=O)C(CC#Cc1ccccc1)NC(=O)C(Cc1ccccc1)NC(=O)OC(C)(C)C)C(=O)O. The second kappa shape index (κ2) is 18.9. The van der Waals surface area contributed by atoms with Crippen LogP contribution in [0.5, 0.6) is 0 Å². The number of carboxylic acids is 1. The maximum Gasteiger partial charge on any atom is 0.408 e. The fourth-order valence-corrected chi connectivity index (χ4v) is 4.27. The van der Waals surface area contributed by atoms with Gasteiger partial charge in [0.15, 0.2) is 0 Å². The standard InChI is InChI=1S/C36H48N4O8/c1-35(2,3)47-33(45)37-23-14-13-21-28(32(43)44)39-30(41)27(22-15-20-25-16-9-7-10-17-25)38-31(42)29(24-26-18-11-8-12-19-26)40-34(46)48-36(4,5)6/h7-12,16-19,27-29H,13-14,21-24H2,1-6H3,(H,37,45)(H,38,42)(H,39,41)(H,40,46)(H,43,44). The molecule has 0 saturated carbocycles. The van der Waals surface area contributed by atoms with Gasteiger partial charge in [0.2, 0.25) is 11.8 Å². The van der Waals surface area contributed by atoms with Crippen LogP contribution in [-0.4, -0.2) is 70.9 Å². The Balaban J connectivity index is 2.18. The van der Waals surface area contributed by atoms with Crippen LogP contribution in [0.3, 0.4) is 0 Å². The van der Waals surface area contributed by atoms with Gasteiger partial charge in [-0.2, -0.15) is 0 Å². The first-order chi connectivity index (χ1) is 22.5. The van der Waals surface area contributed by atoms with Gasteiger partial charge < -0.3 is 35.8 Å². The average Bonchev–Trinajstić information content (AvgIpc) is 2.98. The fourth-order valence-electron chi connectivity index (χ4n) is 4.27. The van der Waals surface area contributed by atoms with E-state index in [2.05, 4.69) is 33.1 Å². The summed E-state index contributed by atoms with van der Waals surface area (Å²) < 4.78 is 10.6. The van der Waals surface area contributed by atoms with Crippen molar-refractivity contribution in [3.05, 3.63) is 71.8 Å². The summed E-state index contributed by atoms with van der Waals surface area (Å²) in [5.74, 6) is 3.17. The molecular weight excluding hydrogens is 616 g/mol. The zero-order chi connectivity index (χ0) is 35.7. The molecule has 2 aromatic carbocycles. The van der Waals surface area contributed by atoms with Gasteiger partial charge in [-0.25, -0.2) is 14.4 Å². The minimum atomic E-state index is -1.26. The molecule has 2 rings (SSSR count). The Morgan fingerprint density at radius 2 is 1.25 bits per heavy atom. The monoisotopic (exact) mass is 664 g/mol. The van der Waals surface area contributed by atoms with Crippen LogP contribution in [0.2, 0.25) is 0 Å². The minimum absolute atomic E-state index is 0.0737. The van der Waals surface area contributed by atoms with Crippen LogP contribution in [0.25, 0.3) is 0 Å². The highest BCUT2D eigenvalue weighted by Crippen LogP contribution is 2.10. The molecule has 2 aromatic rings. The lowest BCUT2D eigenvalue weighted by Crippen LogP contribution is -2.56. The molecule has 260 valence electrons. The van der Waals surface area contributed by atoms with Crippen molar-refractivity contribution in [3.63, 3.8) is 0 Å². The van der Waals surface area contributed by atoms with Crippen molar-refractivity contribution in [1.29, 1.82) is 0 Å². The molecule has 0 spiro atoms. The van der Waals surface area contributed by atoms with E-state index in [1.54, 1.807) is 77.9 Å². The number of hydrogen-bond acceptors (Lipinski definition) is 7. The molecular formula is C36H48N4O8. The fraction of sp³-hybridized carbons (Fsp3) is 0.472. The van der Waals surface area contributed by atoms with Crippen LogP contribution < -0.4 is 21.3 Å². The number of amides is 4. The molecule has 0 aliphatic carbocycles. The third-order valence-corrected chi connectivity index (χ3v) is 6.44. The molecule has 12 heteroatoms. The van der Waals surface area contributed by atoms with Gasteiger partial charge in [-0.15, -0.1) is 0 Å². The Morgan fingerprint density at radius 3 is 1.83 bits per heavy atom. The Kier molecular flexibility index (Phi) is 15.4. The molecule has 48 heavy (non-hydrogen) atoms. The summed E-state index contributed by atoms with van der Waals surface area (Å²) in [6, 6.07) is 14.4. The summed E-state index contributed by atoms with van der Waals surface area (Å²) >= 11 is 0. The lowest BCUT2D eigenvalue weighted by molar-refractivity contribution is -0.142. The minimum Gasteiger partial charge on any atom is -0.480 e. The lowest BCUT2D eigenvalue weighted by atomic mass is 10.0. The first kappa shape index (κ1) is 39.1. The number of aliphatic carboxylic acids is 1. The molecule has 0 aromatic heterocycles. The van der Waals surface area contributed by atoms with E-state index in [0.29, 0.717) is 18.4 Å². The normalized spacial score (nSPS) is 13.0. The number of alkyl carbamates (subject to hydrolysis) is 2. The Bertz CT molecular complexity index is 1420. The van der Waals surface area contributed by atoms with E-state index in [4.69, 9.17) is 9.47 Å². The van der Waals surface area contributed by atoms with Gasteiger partial charge in [-0.3, -0.25) is 9.59 Å². The zero-order valence-electron chi connectivity index (χ0n) is 28.6. The number of rotatable bonds is 14. The number of benzene rings is 2. The Morgan fingerprint density at radius 1 is 0.708 bits per heavy atom. The molecule has 0 bridgehead atoms. The van der Waals surface area contributed by atoms with E-state index in [9.17, 15) is 29.1 Å². The first-order valence-corrected chi connectivity index (χ1v) is 15.9. The van der Waals surface area contributed by atoms with Crippen molar-refractivity contribution in [1.82, 2.24) is 21.3 Å². The van der Waals surface area contributed by atoms with Crippen LogP contribution in [0.4, 0.5) is 9.59 Å². The number of carbonyl (C=O) groups is 5. The number of carbonyl (C=O) groups excluding carboxylic acids is 4. The third-order valence-electron chi connectivity index (χ3n) is 6.44. The molecule has 0 fully saturated rings. The first-order valence-electron chi connectivity index (χ1n) is 15.9. The molecule has 0 aliphatic heterocycles. The van der Waals surface area contributed by atoms with Crippen LogP contribution >= 0.6 is 0 Å². The summed E-state index contributed by atoms with van der Waals surface area (Å²) in [6.07, 6.45) is -0.531. The van der Waals surface area contributed by atoms with Gasteiger partial charge in [-0.1, -0.05) is 60.4 Å². The summed E-state index contributed by atoms with van der Waals surface area (Å²) in [4.78, 5) is 63.7. The zero-order valence-corrected chi connectivity index (χ0v) is 28.6. The van der Waals surface area contributed by atoms with E-state index in [1.165, 1.54) is 0 Å². The summed E-state index contributed by atoms with van der Waals surface area (Å²) in [6.45, 7) is 10.6. The van der Waals surface area contributed by atoms with Crippen molar-refractivity contribution in [3.8, 4) is 11.8 Å². The largest absolute Gasteiger partial charge is 0.480 e. The molecule has 3 atom stereocenters. The van der Waals surface area contributed by atoms with E-state index in [-0.39, 0.29) is 25.8 Å². The Labute approximate surface area is 282 Å². The van der Waals surface area contributed by atoms with Gasteiger partial charge >= 0.3 is 18.2 Å². The van der Waals surface area contributed by atoms with Gasteiger partial charge in [-0.05, 0) is 78.5 Å². The summed E-state index contributed by atoms with van der Waals surface area (Å²) in [5.41, 5.74) is -0.0102. The Hall–Kier alpha value is -5.05. The molecule has 0 heterocycles. The van der Waals surface area contributed by atoms with Crippen LogP contribution in [0.15, 0.2) is 60.7 Å². The van der Waals surface area contributed by atoms with E-state index in [1.807, 2.05) is 24.3 Å². The maximum absolute atomic E-state index is 13.6.